The SMILES string of the molecule is CNC(=S)Nc1ccc(N2CCCC[C@H]2C)nc1. The highest BCUT2D eigenvalue weighted by Gasteiger charge is 2.19. The van der Waals surface area contributed by atoms with Gasteiger partial charge in [0.15, 0.2) is 5.11 Å². The molecule has 1 aromatic heterocycles. The third-order valence-corrected chi connectivity index (χ3v) is 3.64. The molecule has 1 aromatic rings. The highest BCUT2D eigenvalue weighted by molar-refractivity contribution is 7.80. The summed E-state index contributed by atoms with van der Waals surface area (Å²) in [5, 5.41) is 6.56. The lowest BCUT2D eigenvalue weighted by Gasteiger charge is -2.34. The number of anilines is 2. The molecular weight excluding hydrogens is 244 g/mol. The van der Waals surface area contributed by atoms with Gasteiger partial charge in [-0.3, -0.25) is 0 Å². The Morgan fingerprint density at radius 3 is 2.89 bits per heavy atom. The molecule has 1 saturated heterocycles. The Balaban J connectivity index is 2.04. The van der Waals surface area contributed by atoms with E-state index in [0.29, 0.717) is 11.2 Å². The Labute approximate surface area is 114 Å². The smallest absolute Gasteiger partial charge is 0.170 e. The van der Waals surface area contributed by atoms with Gasteiger partial charge in [0.2, 0.25) is 0 Å². The molecule has 1 aliphatic rings. The van der Waals surface area contributed by atoms with Gasteiger partial charge in [-0.05, 0) is 50.5 Å². The maximum absolute atomic E-state index is 5.05. The van der Waals surface area contributed by atoms with Gasteiger partial charge in [-0.25, -0.2) is 4.98 Å². The highest BCUT2D eigenvalue weighted by atomic mass is 32.1. The molecule has 0 aliphatic carbocycles. The zero-order valence-electron chi connectivity index (χ0n) is 10.9. The van der Waals surface area contributed by atoms with E-state index in [1.54, 1.807) is 7.05 Å². The summed E-state index contributed by atoms with van der Waals surface area (Å²) in [6.07, 6.45) is 5.68. The van der Waals surface area contributed by atoms with Gasteiger partial charge >= 0.3 is 0 Å². The summed E-state index contributed by atoms with van der Waals surface area (Å²) in [5.41, 5.74) is 0.919. The summed E-state index contributed by atoms with van der Waals surface area (Å²) in [5.74, 6) is 1.06. The van der Waals surface area contributed by atoms with Gasteiger partial charge in [-0.15, -0.1) is 0 Å². The number of aromatic nitrogens is 1. The van der Waals surface area contributed by atoms with Crippen LogP contribution in [0.15, 0.2) is 18.3 Å². The van der Waals surface area contributed by atoms with Crippen LogP contribution in [0.4, 0.5) is 11.5 Å². The third kappa shape index (κ3) is 3.10. The molecule has 5 heteroatoms. The third-order valence-electron chi connectivity index (χ3n) is 3.33. The Kier molecular flexibility index (Phi) is 4.36. The minimum Gasteiger partial charge on any atom is -0.366 e. The first kappa shape index (κ1) is 13.1. The molecule has 0 radical (unpaired) electrons. The maximum Gasteiger partial charge on any atom is 0.170 e. The minimum atomic E-state index is 0.587. The van der Waals surface area contributed by atoms with Crippen LogP contribution >= 0.6 is 12.2 Å². The van der Waals surface area contributed by atoms with Gasteiger partial charge in [-0.2, -0.15) is 0 Å². The van der Waals surface area contributed by atoms with E-state index in [4.69, 9.17) is 12.2 Å². The van der Waals surface area contributed by atoms with Crippen LogP contribution in [0, 0.1) is 0 Å². The lowest BCUT2D eigenvalue weighted by molar-refractivity contribution is 0.481. The van der Waals surface area contributed by atoms with E-state index in [0.717, 1.165) is 18.1 Å². The molecule has 18 heavy (non-hydrogen) atoms. The van der Waals surface area contributed by atoms with Crippen LogP contribution in [0.5, 0.6) is 0 Å². The van der Waals surface area contributed by atoms with E-state index in [1.807, 2.05) is 12.3 Å². The molecule has 0 aromatic carbocycles. The molecule has 98 valence electrons. The second-order valence-corrected chi connectivity index (χ2v) is 5.06. The van der Waals surface area contributed by atoms with Gasteiger partial charge in [0, 0.05) is 19.6 Å². The number of nitrogens with zero attached hydrogens (tertiary/aromatic N) is 2. The van der Waals surface area contributed by atoms with Crippen molar-refractivity contribution in [1.29, 1.82) is 0 Å². The van der Waals surface area contributed by atoms with Gasteiger partial charge in [0.1, 0.15) is 5.82 Å². The van der Waals surface area contributed by atoms with Crippen molar-refractivity contribution < 1.29 is 0 Å². The highest BCUT2D eigenvalue weighted by Crippen LogP contribution is 2.23. The molecule has 1 fully saturated rings. The summed E-state index contributed by atoms with van der Waals surface area (Å²) < 4.78 is 0. The summed E-state index contributed by atoms with van der Waals surface area (Å²) in [4.78, 5) is 6.89. The van der Waals surface area contributed by atoms with Crippen molar-refractivity contribution in [3.05, 3.63) is 18.3 Å². The van der Waals surface area contributed by atoms with Crippen LogP contribution in [0.3, 0.4) is 0 Å². The van der Waals surface area contributed by atoms with Gasteiger partial charge in [-0.1, -0.05) is 0 Å². The molecule has 2 heterocycles. The molecule has 0 unspecified atom stereocenters. The van der Waals surface area contributed by atoms with Crippen molar-refractivity contribution in [1.82, 2.24) is 10.3 Å². The minimum absolute atomic E-state index is 0.587. The van der Waals surface area contributed by atoms with E-state index in [1.165, 1.54) is 19.3 Å². The fourth-order valence-electron chi connectivity index (χ4n) is 2.26. The number of thiocarbonyl (C=S) groups is 1. The number of pyridine rings is 1. The predicted molar refractivity (Wildman–Crippen MR) is 80.2 cm³/mol. The van der Waals surface area contributed by atoms with Gasteiger partial charge < -0.3 is 15.5 Å². The van der Waals surface area contributed by atoms with Crippen LogP contribution in [0.25, 0.3) is 0 Å². The van der Waals surface area contributed by atoms with E-state index in [2.05, 4.69) is 33.5 Å². The normalized spacial score (nSPS) is 19.4. The van der Waals surface area contributed by atoms with E-state index >= 15 is 0 Å². The fourth-order valence-corrected chi connectivity index (χ4v) is 2.38. The maximum atomic E-state index is 5.05. The number of rotatable bonds is 2. The first-order valence-corrected chi connectivity index (χ1v) is 6.83. The zero-order valence-corrected chi connectivity index (χ0v) is 11.8. The second kappa shape index (κ2) is 6.00. The van der Waals surface area contributed by atoms with Gasteiger partial charge in [0.05, 0.1) is 11.9 Å². The molecule has 2 rings (SSSR count). The molecule has 0 saturated carbocycles. The molecule has 0 bridgehead atoms. The largest absolute Gasteiger partial charge is 0.366 e. The van der Waals surface area contributed by atoms with Crippen molar-refractivity contribution in [3.8, 4) is 0 Å². The van der Waals surface area contributed by atoms with Crippen molar-refractivity contribution in [2.45, 2.75) is 32.2 Å². The number of hydrogen-bond acceptors (Lipinski definition) is 3. The second-order valence-electron chi connectivity index (χ2n) is 4.65. The summed E-state index contributed by atoms with van der Waals surface area (Å²) in [6, 6.07) is 4.67. The Morgan fingerprint density at radius 2 is 2.28 bits per heavy atom. The van der Waals surface area contributed by atoms with E-state index in [9.17, 15) is 0 Å². The fraction of sp³-hybridized carbons (Fsp3) is 0.538. The molecule has 1 aliphatic heterocycles. The molecule has 4 nitrogen and oxygen atoms in total. The Hall–Kier alpha value is -1.36. The van der Waals surface area contributed by atoms with Crippen LogP contribution in [-0.2, 0) is 0 Å². The summed E-state index contributed by atoms with van der Waals surface area (Å²) in [7, 11) is 1.80. The summed E-state index contributed by atoms with van der Waals surface area (Å²) >= 11 is 5.05. The number of piperidine rings is 1. The molecule has 0 amide bonds. The van der Waals surface area contributed by atoms with Crippen molar-refractivity contribution in [2.75, 3.05) is 23.8 Å². The van der Waals surface area contributed by atoms with Crippen LogP contribution in [-0.4, -0.2) is 29.7 Å². The lowest BCUT2D eigenvalue weighted by atomic mass is 10.0. The Bertz CT molecular complexity index is 404. The van der Waals surface area contributed by atoms with Crippen LogP contribution in [0.2, 0.25) is 0 Å². The predicted octanol–water partition coefficient (Wildman–Crippen LogP) is 2.38. The monoisotopic (exact) mass is 264 g/mol. The van der Waals surface area contributed by atoms with Crippen molar-refractivity contribution >= 4 is 28.8 Å². The average Bonchev–Trinajstić information content (AvgIpc) is 2.40. The first-order valence-electron chi connectivity index (χ1n) is 6.42. The first-order chi connectivity index (χ1) is 8.70. The average molecular weight is 264 g/mol. The number of hydrogen-bond donors (Lipinski definition) is 2. The van der Waals surface area contributed by atoms with Crippen molar-refractivity contribution in [3.63, 3.8) is 0 Å². The molecule has 0 spiro atoms. The topological polar surface area (TPSA) is 40.2 Å². The molecule has 2 N–H and O–H groups in total. The summed E-state index contributed by atoms with van der Waals surface area (Å²) in [6.45, 7) is 3.37. The van der Waals surface area contributed by atoms with Crippen molar-refractivity contribution in [2.24, 2.45) is 0 Å². The lowest BCUT2D eigenvalue weighted by Crippen LogP contribution is -2.37. The Morgan fingerprint density at radius 1 is 1.44 bits per heavy atom. The molecule has 1 atom stereocenters. The number of nitrogens with one attached hydrogen (secondary N) is 2. The zero-order chi connectivity index (χ0) is 13.0. The van der Waals surface area contributed by atoms with Crippen LogP contribution < -0.4 is 15.5 Å². The molecular formula is C13H20N4S. The van der Waals surface area contributed by atoms with Crippen LogP contribution in [0.1, 0.15) is 26.2 Å². The quantitative estimate of drug-likeness (QED) is 0.803. The standard InChI is InChI=1S/C13H20N4S/c1-10-5-3-4-8-17(10)12-7-6-11(9-15-12)16-13(18)14-2/h6-7,9-10H,3-5,8H2,1-2H3,(H2,14,16,18)/t10-/m1/s1. The van der Waals surface area contributed by atoms with E-state index in [-0.39, 0.29) is 0 Å². The van der Waals surface area contributed by atoms with Gasteiger partial charge in [0.25, 0.3) is 0 Å². The van der Waals surface area contributed by atoms with E-state index < -0.39 is 0 Å².